The van der Waals surface area contributed by atoms with Crippen molar-refractivity contribution in [3.05, 3.63) is 70.8 Å². The van der Waals surface area contributed by atoms with Crippen LogP contribution in [0, 0.1) is 5.92 Å². The van der Waals surface area contributed by atoms with Gasteiger partial charge in [0.15, 0.2) is 6.29 Å². The predicted octanol–water partition coefficient (Wildman–Crippen LogP) is 9.98. The monoisotopic (exact) mass is 710 g/mol. The maximum Gasteiger partial charge on any atom is 0.272 e. The van der Waals surface area contributed by atoms with Crippen LogP contribution in [-0.2, 0) is 27.4 Å². The Kier molecular flexibility index (Phi) is 18.5. The fourth-order valence-corrected chi connectivity index (χ4v) is 6.38. The normalized spacial score (nSPS) is 20.1. The van der Waals surface area contributed by atoms with Crippen LogP contribution in [-0.4, -0.2) is 45.4 Å². The molecule has 2 N–H and O–H groups in total. The number of hydrogen-bond donors (Lipinski definition) is 2. The highest BCUT2D eigenvalue weighted by Crippen LogP contribution is 2.42. The maximum absolute atomic E-state index is 12.0. The molecule has 1 amide bonds. The third-order valence-electron chi connectivity index (χ3n) is 9.18. The first-order chi connectivity index (χ1) is 22.7. The first-order valence-electron chi connectivity index (χ1n) is 17.8. The van der Waals surface area contributed by atoms with Gasteiger partial charge in [0.05, 0.1) is 18.8 Å². The van der Waals surface area contributed by atoms with Crippen LogP contribution in [0.25, 0.3) is 0 Å². The lowest BCUT2D eigenvalue weighted by molar-refractivity contribution is -0.276. The van der Waals surface area contributed by atoms with E-state index in [0.717, 1.165) is 41.9 Å². The molecule has 1 aliphatic heterocycles. The van der Waals surface area contributed by atoms with Gasteiger partial charge < -0.3 is 24.8 Å². The summed E-state index contributed by atoms with van der Waals surface area (Å²) in [6.07, 6.45) is 14.7. The molecule has 47 heavy (non-hydrogen) atoms. The van der Waals surface area contributed by atoms with Crippen LogP contribution in [0.1, 0.15) is 132 Å². The van der Waals surface area contributed by atoms with E-state index in [1.54, 1.807) is 0 Å². The number of aliphatic hydroxyl groups is 1. The number of ether oxygens (including phenoxy) is 2. The predicted molar refractivity (Wildman–Crippen MR) is 195 cm³/mol. The van der Waals surface area contributed by atoms with Gasteiger partial charge in [-0.3, -0.25) is 4.79 Å². The Morgan fingerprint density at radius 2 is 1.28 bits per heavy atom. The molecule has 0 aliphatic carbocycles. The minimum Gasteiger partial charge on any atom is -0.392 e. The molecular weight excluding hydrogens is 655 g/mol. The first-order valence-corrected chi connectivity index (χ1v) is 19.0. The van der Waals surface area contributed by atoms with Crippen LogP contribution in [0.2, 0.25) is 0 Å². The van der Waals surface area contributed by atoms with Gasteiger partial charge in [-0.05, 0) is 42.6 Å². The number of rotatable bonds is 21. The Bertz CT molecular complexity index is 1130. The number of aliphatic hydroxyl groups excluding tert-OH is 1. The van der Waals surface area contributed by atoms with Crippen LogP contribution >= 0.6 is 34.8 Å². The van der Waals surface area contributed by atoms with Crippen molar-refractivity contribution < 1.29 is 19.4 Å². The molecule has 264 valence electrons. The number of carbonyl (C=O) groups is 1. The molecule has 6 nitrogen and oxygen atoms in total. The van der Waals surface area contributed by atoms with Gasteiger partial charge in [-0.15, -0.1) is 0 Å². The van der Waals surface area contributed by atoms with Gasteiger partial charge in [-0.1, -0.05) is 168 Å². The summed E-state index contributed by atoms with van der Waals surface area (Å²) < 4.78 is 11.5. The van der Waals surface area contributed by atoms with Gasteiger partial charge in [0.1, 0.15) is 0 Å². The van der Waals surface area contributed by atoms with Crippen molar-refractivity contribution in [1.29, 1.82) is 0 Å². The van der Waals surface area contributed by atoms with E-state index in [4.69, 9.17) is 44.3 Å². The summed E-state index contributed by atoms with van der Waals surface area (Å²) in [6, 6.07) is 15.9. The van der Waals surface area contributed by atoms with E-state index in [1.165, 1.54) is 77.0 Å². The summed E-state index contributed by atoms with van der Waals surface area (Å²) in [7, 11) is 0. The summed E-state index contributed by atoms with van der Waals surface area (Å²) in [5.74, 6) is -0.539. The number of unbranched alkanes of at least 4 members (excludes halogenated alkanes) is 10. The lowest BCUT2D eigenvalue weighted by atomic mass is 9.90. The molecule has 0 radical (unpaired) electrons. The van der Waals surface area contributed by atoms with E-state index < -0.39 is 16.0 Å². The number of amides is 1. The largest absolute Gasteiger partial charge is 0.392 e. The number of carbonyl (C=O) groups excluding carboxylic acids is 1. The van der Waals surface area contributed by atoms with Crippen molar-refractivity contribution >= 4 is 40.7 Å². The summed E-state index contributed by atoms with van der Waals surface area (Å²) in [6.45, 7) is 10.0. The Balaban J connectivity index is 1.76. The molecule has 4 atom stereocenters. The van der Waals surface area contributed by atoms with E-state index in [2.05, 4.69) is 43.1 Å². The number of nitrogens with zero attached hydrogens (tertiary/aromatic N) is 1. The van der Waals surface area contributed by atoms with Crippen molar-refractivity contribution in [3.63, 3.8) is 0 Å². The van der Waals surface area contributed by atoms with Crippen LogP contribution in [0.5, 0.6) is 0 Å². The van der Waals surface area contributed by atoms with Crippen LogP contribution in [0.15, 0.2) is 48.5 Å². The fraction of sp³-hybridized carbons (Fsp3) is 0.658. The SMILES string of the molecule is CCCCCCCCN(CCCCCCCC)C[C@@H]1O[C@H](c2ccc(CNC(=O)C(Cl)(Cl)Cl)cc2)O[C@H](c2ccc(CO)cc2)[C@@H]1C. The minimum atomic E-state index is -2.00. The van der Waals surface area contributed by atoms with Crippen LogP contribution < -0.4 is 5.32 Å². The highest BCUT2D eigenvalue weighted by atomic mass is 35.6. The highest BCUT2D eigenvalue weighted by Gasteiger charge is 2.39. The zero-order valence-electron chi connectivity index (χ0n) is 28.7. The number of nitrogens with one attached hydrogen (secondary N) is 1. The topological polar surface area (TPSA) is 71.0 Å². The maximum atomic E-state index is 12.0. The average molecular weight is 712 g/mol. The second-order valence-electron chi connectivity index (χ2n) is 13.1. The number of hydrogen-bond acceptors (Lipinski definition) is 5. The zero-order chi connectivity index (χ0) is 34.1. The Labute approximate surface area is 298 Å². The van der Waals surface area contributed by atoms with Crippen LogP contribution in [0.3, 0.4) is 0 Å². The van der Waals surface area contributed by atoms with Gasteiger partial charge in [-0.2, -0.15) is 0 Å². The molecule has 1 fully saturated rings. The second-order valence-corrected chi connectivity index (χ2v) is 15.4. The Morgan fingerprint density at radius 3 is 1.81 bits per heavy atom. The third kappa shape index (κ3) is 14.2. The quantitative estimate of drug-likeness (QED) is 0.0997. The molecule has 1 heterocycles. The standard InChI is InChI=1S/C38H57Cl3N2O4/c1-4-6-8-10-12-14-24-43(25-15-13-11-9-7-5-2)27-34-29(3)35(32-20-18-31(28-44)19-21-32)47-36(46-34)33-22-16-30(17-23-33)26-42-37(45)38(39,40)41/h16-23,29,34-36,44H,4-15,24-28H2,1-3H3,(H,42,45)/t29-,34+,35+,36+/m1/s1. The van der Waals surface area contributed by atoms with E-state index in [1.807, 2.05) is 36.4 Å². The van der Waals surface area contributed by atoms with Gasteiger partial charge in [-0.25, -0.2) is 0 Å². The van der Waals surface area contributed by atoms with Crippen molar-refractivity contribution in [2.45, 2.75) is 133 Å². The Morgan fingerprint density at radius 1 is 0.766 bits per heavy atom. The molecule has 0 saturated carbocycles. The highest BCUT2D eigenvalue weighted by molar-refractivity contribution is 6.76. The first kappa shape index (κ1) is 40.1. The lowest BCUT2D eigenvalue weighted by Gasteiger charge is -2.43. The summed E-state index contributed by atoms with van der Waals surface area (Å²) in [5.41, 5.74) is 3.74. The smallest absolute Gasteiger partial charge is 0.272 e. The molecule has 0 bridgehead atoms. The molecule has 3 rings (SSSR count). The van der Waals surface area contributed by atoms with Gasteiger partial charge >= 0.3 is 0 Å². The molecule has 2 aromatic carbocycles. The zero-order valence-corrected chi connectivity index (χ0v) is 31.0. The summed E-state index contributed by atoms with van der Waals surface area (Å²) in [5, 5.41) is 12.3. The van der Waals surface area contributed by atoms with E-state index in [9.17, 15) is 9.90 Å². The molecule has 0 spiro atoms. The van der Waals surface area contributed by atoms with Gasteiger partial charge in [0.25, 0.3) is 9.70 Å². The van der Waals surface area contributed by atoms with E-state index in [-0.39, 0.29) is 31.3 Å². The van der Waals surface area contributed by atoms with Gasteiger partial charge in [0.2, 0.25) is 0 Å². The molecular formula is C38H57Cl3N2O4. The van der Waals surface area contributed by atoms with E-state index >= 15 is 0 Å². The number of alkyl halides is 3. The van der Waals surface area contributed by atoms with E-state index in [0.29, 0.717) is 0 Å². The van der Waals surface area contributed by atoms with Crippen LogP contribution in [0.4, 0.5) is 0 Å². The molecule has 1 aliphatic rings. The molecule has 1 saturated heterocycles. The summed E-state index contributed by atoms with van der Waals surface area (Å²) >= 11 is 17.1. The number of benzene rings is 2. The van der Waals surface area contributed by atoms with Crippen molar-refractivity contribution in [1.82, 2.24) is 10.2 Å². The fourth-order valence-electron chi connectivity index (χ4n) is 6.18. The Hall–Kier alpha value is -1.38. The average Bonchev–Trinajstić information content (AvgIpc) is 3.07. The van der Waals surface area contributed by atoms with Gasteiger partial charge in [0, 0.05) is 24.6 Å². The number of halogens is 3. The van der Waals surface area contributed by atoms with Crippen molar-refractivity contribution in [2.75, 3.05) is 19.6 Å². The lowest BCUT2D eigenvalue weighted by Crippen LogP contribution is -2.45. The minimum absolute atomic E-state index is 0.00995. The molecule has 2 aromatic rings. The van der Waals surface area contributed by atoms with Crippen molar-refractivity contribution in [3.8, 4) is 0 Å². The third-order valence-corrected chi connectivity index (χ3v) is 9.69. The second kappa shape index (κ2) is 21.7. The molecule has 0 unspecified atom stereocenters. The van der Waals surface area contributed by atoms with Crippen molar-refractivity contribution in [2.24, 2.45) is 5.92 Å². The summed E-state index contributed by atoms with van der Waals surface area (Å²) in [4.78, 5) is 14.6. The molecule has 0 aromatic heterocycles. The molecule has 9 heteroatoms.